The maximum Gasteiger partial charge on any atom is 0.279 e. The van der Waals surface area contributed by atoms with Gasteiger partial charge in [-0.15, -0.1) is 5.10 Å². The molecule has 7 heteroatoms. The number of nitrogens with one attached hydrogen (secondary N) is 1. The highest BCUT2D eigenvalue weighted by Gasteiger charge is 2.25. The van der Waals surface area contributed by atoms with Gasteiger partial charge >= 0.3 is 0 Å². The molecule has 2 aromatic heterocycles. The summed E-state index contributed by atoms with van der Waals surface area (Å²) in [6.45, 7) is 0.0614. The predicted octanol–water partition coefficient (Wildman–Crippen LogP) is 3.84. The van der Waals surface area contributed by atoms with Crippen molar-refractivity contribution in [2.45, 2.75) is 25.8 Å². The molecule has 2 heterocycles. The molecule has 1 aliphatic rings. The van der Waals surface area contributed by atoms with Crippen LogP contribution in [0.25, 0.3) is 27.9 Å². The van der Waals surface area contributed by atoms with E-state index >= 15 is 0 Å². The summed E-state index contributed by atoms with van der Waals surface area (Å²) in [6.07, 6.45) is 2.32. The van der Waals surface area contributed by atoms with Crippen LogP contribution in [0.5, 0.6) is 0 Å². The van der Waals surface area contributed by atoms with E-state index in [1.165, 1.54) is 4.52 Å². The lowest BCUT2D eigenvalue weighted by molar-refractivity contribution is -0.116. The van der Waals surface area contributed by atoms with Crippen molar-refractivity contribution in [3.8, 4) is 11.4 Å². The smallest absolute Gasteiger partial charge is 0.279 e. The standard InChI is InChI=1S/C26H21N5O2/c32-23(27-20-14-13-17-7-4-5-10-19(17)15-20)16-30-22-12-6-11-21(22)25(33)31-26(30)28-24(29-31)18-8-2-1-3-9-18/h1-5,7-10,13-15H,6,11-12,16H2,(H,27,32). The zero-order valence-corrected chi connectivity index (χ0v) is 17.9. The number of carbonyl (C=O) groups excluding carboxylic acids is 1. The molecule has 1 aliphatic carbocycles. The van der Waals surface area contributed by atoms with Crippen molar-refractivity contribution >= 4 is 28.1 Å². The van der Waals surface area contributed by atoms with E-state index in [1.807, 2.05) is 77.4 Å². The minimum absolute atomic E-state index is 0.0614. The molecular formula is C26H21N5O2. The molecule has 5 aromatic rings. The van der Waals surface area contributed by atoms with Gasteiger partial charge in [0.25, 0.3) is 5.56 Å². The number of hydrogen-bond acceptors (Lipinski definition) is 4. The zero-order valence-electron chi connectivity index (χ0n) is 17.9. The maximum atomic E-state index is 13.1. The molecule has 162 valence electrons. The van der Waals surface area contributed by atoms with E-state index in [0.29, 0.717) is 18.0 Å². The van der Waals surface area contributed by atoms with Gasteiger partial charge in [-0.2, -0.15) is 9.50 Å². The summed E-state index contributed by atoms with van der Waals surface area (Å²) in [5, 5.41) is 9.66. The van der Waals surface area contributed by atoms with Crippen molar-refractivity contribution in [1.82, 2.24) is 19.2 Å². The number of amides is 1. The fraction of sp³-hybridized carbons (Fsp3) is 0.154. The first-order valence-corrected chi connectivity index (χ1v) is 11.0. The molecule has 0 fully saturated rings. The second kappa shape index (κ2) is 7.70. The third kappa shape index (κ3) is 3.38. The van der Waals surface area contributed by atoms with Crippen LogP contribution in [-0.4, -0.2) is 25.1 Å². The molecule has 1 amide bonds. The predicted molar refractivity (Wildman–Crippen MR) is 127 cm³/mol. The van der Waals surface area contributed by atoms with Crippen molar-refractivity contribution in [3.63, 3.8) is 0 Å². The quantitative estimate of drug-likeness (QED) is 0.465. The van der Waals surface area contributed by atoms with Crippen LogP contribution in [0.4, 0.5) is 5.69 Å². The summed E-state index contributed by atoms with van der Waals surface area (Å²) < 4.78 is 3.19. The van der Waals surface area contributed by atoms with Crippen molar-refractivity contribution in [2.24, 2.45) is 0 Å². The largest absolute Gasteiger partial charge is 0.325 e. The lowest BCUT2D eigenvalue weighted by atomic mass is 10.1. The average Bonchev–Trinajstić information content (AvgIpc) is 3.51. The van der Waals surface area contributed by atoms with Crippen molar-refractivity contribution in [1.29, 1.82) is 0 Å². The summed E-state index contributed by atoms with van der Waals surface area (Å²) in [5.41, 5.74) is 3.03. The molecule has 3 aromatic carbocycles. The normalized spacial score (nSPS) is 12.8. The fourth-order valence-electron chi connectivity index (χ4n) is 4.61. The highest BCUT2D eigenvalue weighted by Crippen LogP contribution is 2.23. The molecule has 0 aliphatic heterocycles. The summed E-state index contributed by atoms with van der Waals surface area (Å²) in [5.74, 6) is 0.697. The monoisotopic (exact) mass is 435 g/mol. The SMILES string of the molecule is O=C(Cn1c2c(c(=O)n3nc(-c4ccccc4)nc13)CCC2)Nc1ccc2ccccc2c1. The van der Waals surface area contributed by atoms with Crippen molar-refractivity contribution < 1.29 is 4.79 Å². The minimum atomic E-state index is -0.172. The Kier molecular flexibility index (Phi) is 4.54. The number of aromatic nitrogens is 4. The van der Waals surface area contributed by atoms with Gasteiger partial charge < -0.3 is 9.88 Å². The van der Waals surface area contributed by atoms with E-state index in [1.54, 1.807) is 0 Å². The molecule has 0 unspecified atom stereocenters. The molecule has 0 spiro atoms. The summed E-state index contributed by atoms with van der Waals surface area (Å²) >= 11 is 0. The molecule has 0 saturated carbocycles. The van der Waals surface area contributed by atoms with Gasteiger partial charge in [-0.05, 0) is 42.2 Å². The second-order valence-corrected chi connectivity index (χ2v) is 8.29. The number of hydrogen-bond donors (Lipinski definition) is 1. The van der Waals surface area contributed by atoms with E-state index < -0.39 is 0 Å². The Balaban J connectivity index is 1.39. The van der Waals surface area contributed by atoms with Crippen molar-refractivity contribution in [3.05, 3.63) is 94.4 Å². The van der Waals surface area contributed by atoms with Crippen LogP contribution in [0, 0.1) is 0 Å². The second-order valence-electron chi connectivity index (χ2n) is 8.29. The van der Waals surface area contributed by atoms with Gasteiger partial charge in [0.05, 0.1) is 0 Å². The number of nitrogens with zero attached hydrogens (tertiary/aromatic N) is 4. The Morgan fingerprint density at radius 2 is 1.73 bits per heavy atom. The van der Waals surface area contributed by atoms with Crippen LogP contribution < -0.4 is 10.9 Å². The Bertz CT molecular complexity index is 1580. The van der Waals surface area contributed by atoms with Gasteiger partial charge in [0.1, 0.15) is 6.54 Å². The van der Waals surface area contributed by atoms with Gasteiger partial charge in [0.15, 0.2) is 5.82 Å². The number of benzene rings is 3. The topological polar surface area (TPSA) is 81.3 Å². The Morgan fingerprint density at radius 3 is 2.58 bits per heavy atom. The average molecular weight is 435 g/mol. The van der Waals surface area contributed by atoms with Crippen LogP contribution in [0.1, 0.15) is 17.7 Å². The molecule has 0 bridgehead atoms. The van der Waals surface area contributed by atoms with E-state index in [0.717, 1.165) is 46.1 Å². The van der Waals surface area contributed by atoms with Gasteiger partial charge in [0, 0.05) is 22.5 Å². The lowest BCUT2D eigenvalue weighted by Crippen LogP contribution is -2.28. The molecule has 7 nitrogen and oxygen atoms in total. The van der Waals surface area contributed by atoms with E-state index in [-0.39, 0.29) is 18.0 Å². The fourth-order valence-corrected chi connectivity index (χ4v) is 4.61. The Morgan fingerprint density at radius 1 is 0.939 bits per heavy atom. The van der Waals surface area contributed by atoms with Gasteiger partial charge in [-0.1, -0.05) is 60.7 Å². The highest BCUT2D eigenvalue weighted by atomic mass is 16.2. The molecule has 6 rings (SSSR count). The van der Waals surface area contributed by atoms with Gasteiger partial charge in [-0.25, -0.2) is 0 Å². The van der Waals surface area contributed by atoms with Crippen molar-refractivity contribution in [2.75, 3.05) is 5.32 Å². The van der Waals surface area contributed by atoms with Gasteiger partial charge in [-0.3, -0.25) is 9.59 Å². The lowest BCUT2D eigenvalue weighted by Gasteiger charge is -2.14. The maximum absolute atomic E-state index is 13.1. The van der Waals surface area contributed by atoms with E-state index in [2.05, 4.69) is 15.4 Å². The molecule has 0 saturated heterocycles. The van der Waals surface area contributed by atoms with E-state index in [4.69, 9.17) is 0 Å². The van der Waals surface area contributed by atoms with Crippen LogP contribution in [0.2, 0.25) is 0 Å². The molecule has 0 radical (unpaired) electrons. The summed E-state index contributed by atoms with van der Waals surface area (Å²) in [6, 6.07) is 23.4. The first-order chi connectivity index (χ1) is 16.2. The summed E-state index contributed by atoms with van der Waals surface area (Å²) in [7, 11) is 0. The number of carbonyl (C=O) groups is 1. The first kappa shape index (κ1) is 19.4. The molecular weight excluding hydrogens is 414 g/mol. The van der Waals surface area contributed by atoms with Crippen LogP contribution in [0.15, 0.2) is 77.6 Å². The van der Waals surface area contributed by atoms with Crippen LogP contribution in [-0.2, 0) is 24.2 Å². The number of rotatable bonds is 4. The minimum Gasteiger partial charge on any atom is -0.325 e. The third-order valence-electron chi connectivity index (χ3n) is 6.16. The summed E-state index contributed by atoms with van der Waals surface area (Å²) in [4.78, 5) is 30.8. The number of anilines is 1. The molecule has 0 atom stereocenters. The van der Waals surface area contributed by atoms with E-state index in [9.17, 15) is 9.59 Å². The van der Waals surface area contributed by atoms with Crippen LogP contribution in [0.3, 0.4) is 0 Å². The highest BCUT2D eigenvalue weighted by molar-refractivity contribution is 5.94. The Hall–Kier alpha value is -4.26. The Labute approximate surface area is 189 Å². The number of fused-ring (bicyclic) bond motifs is 3. The zero-order chi connectivity index (χ0) is 22.4. The van der Waals surface area contributed by atoms with Gasteiger partial charge in [0.2, 0.25) is 11.7 Å². The molecule has 1 N–H and O–H groups in total. The van der Waals surface area contributed by atoms with Crippen LogP contribution >= 0.6 is 0 Å². The molecule has 33 heavy (non-hydrogen) atoms. The first-order valence-electron chi connectivity index (χ1n) is 11.0. The third-order valence-corrected chi connectivity index (χ3v) is 6.16.